The van der Waals surface area contributed by atoms with E-state index in [1.165, 1.54) is 0 Å². The van der Waals surface area contributed by atoms with Gasteiger partial charge in [-0.15, -0.1) is 0 Å². The Bertz CT molecular complexity index is 623. The van der Waals surface area contributed by atoms with Crippen LogP contribution in [-0.2, 0) is 4.74 Å². The van der Waals surface area contributed by atoms with E-state index in [1.54, 1.807) is 13.8 Å². The quantitative estimate of drug-likeness (QED) is 0.776. The van der Waals surface area contributed by atoms with E-state index in [-0.39, 0.29) is 0 Å². The molecule has 18 heavy (non-hydrogen) atoms. The van der Waals surface area contributed by atoms with Crippen LogP contribution in [-0.4, -0.2) is 17.6 Å². The van der Waals surface area contributed by atoms with Gasteiger partial charge in [-0.2, -0.15) is 0 Å². The van der Waals surface area contributed by atoms with Crippen LogP contribution in [0.1, 0.15) is 28.5 Å². The van der Waals surface area contributed by atoms with Gasteiger partial charge in [-0.05, 0) is 26.3 Å². The van der Waals surface area contributed by atoms with E-state index < -0.39 is 5.97 Å². The van der Waals surface area contributed by atoms with Gasteiger partial charge in [0.25, 0.3) is 0 Å². The van der Waals surface area contributed by atoms with Crippen molar-refractivity contribution in [2.24, 2.45) is 0 Å². The summed E-state index contributed by atoms with van der Waals surface area (Å²) in [4.78, 5) is 16.3. The predicted octanol–water partition coefficient (Wildman–Crippen LogP) is 3.68. The zero-order chi connectivity index (χ0) is 13.3. The minimum Gasteiger partial charge on any atom is -0.462 e. The van der Waals surface area contributed by atoms with Gasteiger partial charge in [0.2, 0.25) is 0 Å². The van der Waals surface area contributed by atoms with Crippen LogP contribution in [0.4, 0.5) is 0 Å². The molecule has 0 spiro atoms. The Morgan fingerprint density at radius 1 is 1.39 bits per heavy atom. The summed E-state index contributed by atoms with van der Waals surface area (Å²) in [5.74, 6) is -0.420. The molecule has 4 heteroatoms. The molecule has 0 unspecified atom stereocenters. The summed E-state index contributed by atoms with van der Waals surface area (Å²) in [6.07, 6.45) is 0. The molecule has 2 aromatic rings. The highest BCUT2D eigenvalue weighted by Gasteiger charge is 2.19. The molecule has 0 aliphatic rings. The molecule has 0 saturated heterocycles. The number of rotatable bonds is 2. The van der Waals surface area contributed by atoms with Gasteiger partial charge in [-0.3, -0.25) is 4.98 Å². The van der Waals surface area contributed by atoms with Crippen LogP contribution in [0.2, 0.25) is 5.02 Å². The summed E-state index contributed by atoms with van der Waals surface area (Å²) in [6.45, 7) is 5.82. The van der Waals surface area contributed by atoms with Crippen LogP contribution in [0.25, 0.3) is 10.9 Å². The van der Waals surface area contributed by atoms with Crippen molar-refractivity contribution in [2.45, 2.75) is 20.8 Å². The first-order chi connectivity index (χ1) is 8.56. The first-order valence-corrected chi connectivity index (χ1v) is 6.16. The van der Waals surface area contributed by atoms with Gasteiger partial charge in [0.15, 0.2) is 0 Å². The minimum absolute atomic E-state index is 0.320. The molecule has 0 atom stereocenters. The van der Waals surface area contributed by atoms with Crippen LogP contribution in [0.5, 0.6) is 0 Å². The molecule has 0 bridgehead atoms. The Balaban J connectivity index is 2.73. The summed E-state index contributed by atoms with van der Waals surface area (Å²) in [6, 6.07) is 5.73. The van der Waals surface area contributed by atoms with Gasteiger partial charge in [0.1, 0.15) is 5.56 Å². The molecule has 0 N–H and O–H groups in total. The fourth-order valence-electron chi connectivity index (χ4n) is 1.94. The van der Waals surface area contributed by atoms with Gasteiger partial charge in [-0.25, -0.2) is 4.79 Å². The summed E-state index contributed by atoms with van der Waals surface area (Å²) in [5.41, 5.74) is 2.82. The summed E-state index contributed by atoms with van der Waals surface area (Å²) >= 11 is 6.31. The van der Waals surface area contributed by atoms with Gasteiger partial charge in [-0.1, -0.05) is 29.8 Å². The number of aryl methyl sites for hydroxylation is 2. The third-order valence-corrected chi connectivity index (χ3v) is 3.21. The van der Waals surface area contributed by atoms with Gasteiger partial charge < -0.3 is 4.74 Å². The Morgan fingerprint density at radius 2 is 2.11 bits per heavy atom. The van der Waals surface area contributed by atoms with Crippen LogP contribution >= 0.6 is 11.6 Å². The topological polar surface area (TPSA) is 39.2 Å². The highest BCUT2D eigenvalue weighted by Crippen LogP contribution is 2.30. The second-order valence-corrected chi connectivity index (χ2v) is 4.46. The standard InChI is InChI=1S/C14H14ClNO2/c1-4-18-14(17)11-9(3)16-13-8(2)6-5-7-10(13)12(11)15/h5-7H,4H2,1-3H3. The maximum atomic E-state index is 11.9. The second kappa shape index (κ2) is 4.94. The number of esters is 1. The molecule has 1 heterocycles. The lowest BCUT2D eigenvalue weighted by Gasteiger charge is -2.11. The number of carbonyl (C=O) groups excluding carboxylic acids is 1. The molecule has 1 aromatic carbocycles. The van der Waals surface area contributed by atoms with Crippen molar-refractivity contribution in [1.82, 2.24) is 4.98 Å². The van der Waals surface area contributed by atoms with Crippen LogP contribution in [0.3, 0.4) is 0 Å². The summed E-state index contributed by atoms with van der Waals surface area (Å²) in [5, 5.41) is 1.20. The van der Waals surface area contributed by atoms with Crippen molar-refractivity contribution in [2.75, 3.05) is 6.61 Å². The van der Waals surface area contributed by atoms with E-state index in [0.717, 1.165) is 16.5 Å². The monoisotopic (exact) mass is 263 g/mol. The molecule has 0 aliphatic carbocycles. The van der Waals surface area contributed by atoms with Crippen LogP contribution < -0.4 is 0 Å². The van der Waals surface area contributed by atoms with Crippen LogP contribution in [0.15, 0.2) is 18.2 Å². The largest absolute Gasteiger partial charge is 0.462 e. The predicted molar refractivity (Wildman–Crippen MR) is 72.2 cm³/mol. The number of aromatic nitrogens is 1. The van der Waals surface area contributed by atoms with Crippen molar-refractivity contribution in [1.29, 1.82) is 0 Å². The lowest BCUT2D eigenvalue weighted by molar-refractivity contribution is 0.0525. The molecule has 0 aliphatic heterocycles. The molecule has 0 amide bonds. The number of benzene rings is 1. The van der Waals surface area contributed by atoms with Gasteiger partial charge in [0, 0.05) is 5.39 Å². The van der Waals surface area contributed by atoms with Crippen molar-refractivity contribution >= 4 is 28.5 Å². The minimum atomic E-state index is -0.420. The molecule has 0 saturated carbocycles. The van der Waals surface area contributed by atoms with Gasteiger partial charge in [0.05, 0.1) is 22.8 Å². The highest BCUT2D eigenvalue weighted by atomic mass is 35.5. The Morgan fingerprint density at radius 3 is 2.78 bits per heavy atom. The van der Waals surface area contributed by atoms with E-state index in [4.69, 9.17) is 16.3 Å². The summed E-state index contributed by atoms with van der Waals surface area (Å²) < 4.78 is 5.01. The lowest BCUT2D eigenvalue weighted by Crippen LogP contribution is -2.09. The van der Waals surface area contributed by atoms with E-state index in [9.17, 15) is 4.79 Å². The fourth-order valence-corrected chi connectivity index (χ4v) is 2.31. The number of ether oxygens (including phenoxy) is 1. The highest BCUT2D eigenvalue weighted by molar-refractivity contribution is 6.38. The van der Waals surface area contributed by atoms with E-state index in [0.29, 0.717) is 22.9 Å². The number of fused-ring (bicyclic) bond motifs is 1. The zero-order valence-corrected chi connectivity index (χ0v) is 11.3. The molecular weight excluding hydrogens is 250 g/mol. The number of carbonyl (C=O) groups is 1. The second-order valence-electron chi connectivity index (χ2n) is 4.08. The number of para-hydroxylation sites is 1. The van der Waals surface area contributed by atoms with E-state index in [1.807, 2.05) is 25.1 Å². The Kier molecular flexibility index (Phi) is 3.53. The Labute approximate surface area is 111 Å². The number of halogens is 1. The molecule has 1 aromatic heterocycles. The molecule has 0 fully saturated rings. The number of hydrogen-bond acceptors (Lipinski definition) is 3. The number of hydrogen-bond donors (Lipinski definition) is 0. The van der Waals surface area contributed by atoms with E-state index in [2.05, 4.69) is 4.98 Å². The smallest absolute Gasteiger partial charge is 0.341 e. The third-order valence-electron chi connectivity index (χ3n) is 2.81. The maximum absolute atomic E-state index is 11.9. The fraction of sp³-hybridized carbons (Fsp3) is 0.286. The molecule has 94 valence electrons. The van der Waals surface area contributed by atoms with E-state index >= 15 is 0 Å². The molecule has 0 radical (unpaired) electrons. The molecular formula is C14H14ClNO2. The van der Waals surface area contributed by atoms with Crippen molar-refractivity contribution in [3.05, 3.63) is 40.0 Å². The van der Waals surface area contributed by atoms with Crippen molar-refractivity contribution in [3.63, 3.8) is 0 Å². The van der Waals surface area contributed by atoms with Crippen molar-refractivity contribution < 1.29 is 9.53 Å². The number of nitrogens with zero attached hydrogens (tertiary/aromatic N) is 1. The summed E-state index contributed by atoms with van der Waals surface area (Å²) in [7, 11) is 0. The third kappa shape index (κ3) is 2.06. The van der Waals surface area contributed by atoms with Crippen LogP contribution in [0, 0.1) is 13.8 Å². The maximum Gasteiger partial charge on any atom is 0.341 e. The first kappa shape index (κ1) is 12.8. The lowest BCUT2D eigenvalue weighted by atomic mass is 10.1. The first-order valence-electron chi connectivity index (χ1n) is 5.78. The zero-order valence-electron chi connectivity index (χ0n) is 10.6. The van der Waals surface area contributed by atoms with Gasteiger partial charge >= 0.3 is 5.97 Å². The average molecular weight is 264 g/mol. The molecule has 2 rings (SSSR count). The SMILES string of the molecule is CCOC(=O)c1c(C)nc2c(C)cccc2c1Cl. The Hall–Kier alpha value is -1.61. The number of pyridine rings is 1. The van der Waals surface area contributed by atoms with Crippen molar-refractivity contribution in [3.8, 4) is 0 Å². The average Bonchev–Trinajstić information content (AvgIpc) is 2.31. The molecule has 3 nitrogen and oxygen atoms in total. The normalized spacial score (nSPS) is 10.7.